The van der Waals surface area contributed by atoms with Crippen LogP contribution in [-0.2, 0) is 22.7 Å². The first-order chi connectivity index (χ1) is 6.86. The molecule has 0 aliphatic carbocycles. The second-order valence-corrected chi connectivity index (χ2v) is 2.63. The fourth-order valence-electron chi connectivity index (χ4n) is 1.07. The Balaban J connectivity index is 2.77. The van der Waals surface area contributed by atoms with Gasteiger partial charge in [0.05, 0.1) is 0 Å². The van der Waals surface area contributed by atoms with E-state index < -0.39 is 0 Å². The monoisotopic (exact) mass is 188 g/mol. The SMILES string of the molecule is O=C=[N+]Cc1cccc(C[N+]=C=O)c1. The molecule has 0 saturated carbocycles. The van der Waals surface area contributed by atoms with Crippen molar-refractivity contribution in [2.45, 2.75) is 13.1 Å². The van der Waals surface area contributed by atoms with Gasteiger partial charge >= 0.3 is 12.2 Å². The van der Waals surface area contributed by atoms with Gasteiger partial charge in [0, 0.05) is 11.1 Å². The van der Waals surface area contributed by atoms with Crippen LogP contribution in [0.5, 0.6) is 0 Å². The van der Waals surface area contributed by atoms with Crippen LogP contribution in [0.1, 0.15) is 11.1 Å². The van der Waals surface area contributed by atoms with E-state index in [1.54, 1.807) is 0 Å². The fraction of sp³-hybridized carbons (Fsp3) is 0.200. The number of nitrogens with zero attached hydrogens (tertiary/aromatic N) is 2. The first-order valence-corrected chi connectivity index (χ1v) is 4.02. The maximum atomic E-state index is 9.87. The lowest BCUT2D eigenvalue weighted by molar-refractivity contribution is 0.558. The summed E-state index contributed by atoms with van der Waals surface area (Å²) in [6.45, 7) is 0.615. The largest absolute Gasteiger partial charge is 0.496 e. The van der Waals surface area contributed by atoms with Crippen LogP contribution in [-0.4, -0.2) is 12.2 Å². The van der Waals surface area contributed by atoms with Crippen LogP contribution in [0.2, 0.25) is 0 Å². The summed E-state index contributed by atoms with van der Waals surface area (Å²) in [6.07, 6.45) is 2.94. The van der Waals surface area contributed by atoms with Crippen LogP contribution in [0.25, 0.3) is 0 Å². The molecular formula is C10H8N2O2+2. The van der Waals surface area contributed by atoms with E-state index in [4.69, 9.17) is 0 Å². The molecule has 0 aliphatic rings. The molecule has 1 aromatic carbocycles. The van der Waals surface area contributed by atoms with Crippen molar-refractivity contribution >= 4 is 12.2 Å². The predicted octanol–water partition coefficient (Wildman–Crippen LogP) is 0.0298. The van der Waals surface area contributed by atoms with Gasteiger partial charge in [0.2, 0.25) is 0 Å². The zero-order valence-corrected chi connectivity index (χ0v) is 7.43. The molecule has 68 valence electrons. The zero-order chi connectivity index (χ0) is 10.2. The summed E-state index contributed by atoms with van der Waals surface area (Å²) in [5.41, 5.74) is 1.79. The lowest BCUT2D eigenvalue weighted by Crippen LogP contribution is -1.95. The molecule has 0 heterocycles. The molecule has 0 N–H and O–H groups in total. The molecule has 4 heteroatoms. The number of carbonyl (C=O) groups excluding carboxylic acids is 2. The summed E-state index contributed by atoms with van der Waals surface area (Å²) in [6, 6.07) is 7.34. The lowest BCUT2D eigenvalue weighted by atomic mass is 10.1. The fourth-order valence-corrected chi connectivity index (χ4v) is 1.07. The van der Waals surface area contributed by atoms with Gasteiger partial charge in [-0.3, -0.25) is 0 Å². The molecule has 14 heavy (non-hydrogen) atoms. The van der Waals surface area contributed by atoms with Crippen LogP contribution in [0.3, 0.4) is 0 Å². The van der Waals surface area contributed by atoms with Crippen LogP contribution < -0.4 is 9.98 Å². The van der Waals surface area contributed by atoms with Crippen molar-refractivity contribution in [1.29, 1.82) is 0 Å². The van der Waals surface area contributed by atoms with Crippen LogP contribution in [0.15, 0.2) is 24.3 Å². The second kappa shape index (κ2) is 5.60. The van der Waals surface area contributed by atoms with Gasteiger partial charge in [-0.25, -0.2) is 0 Å². The third kappa shape index (κ3) is 3.15. The molecule has 0 saturated heterocycles. The van der Waals surface area contributed by atoms with E-state index in [0.717, 1.165) is 11.1 Å². The summed E-state index contributed by atoms with van der Waals surface area (Å²) in [5.74, 6) is 0. The summed E-state index contributed by atoms with van der Waals surface area (Å²) in [7, 11) is 0. The average molecular weight is 188 g/mol. The van der Waals surface area contributed by atoms with Crippen LogP contribution in [0, 0.1) is 0 Å². The van der Waals surface area contributed by atoms with Gasteiger partial charge in [-0.05, 0) is 6.07 Å². The van der Waals surface area contributed by atoms with Crippen molar-refractivity contribution in [3.63, 3.8) is 0 Å². The highest BCUT2D eigenvalue weighted by atomic mass is 16.1. The minimum Gasteiger partial charge on any atom is -0.154 e. The van der Waals surface area contributed by atoms with E-state index in [1.807, 2.05) is 24.3 Å². The van der Waals surface area contributed by atoms with Crippen LogP contribution >= 0.6 is 0 Å². The van der Waals surface area contributed by atoms with Crippen molar-refractivity contribution in [1.82, 2.24) is 9.98 Å². The molecule has 0 atom stereocenters. The molecule has 0 fully saturated rings. The average Bonchev–Trinajstić information content (AvgIpc) is 2.24. The highest BCUT2D eigenvalue weighted by molar-refractivity contribution is 5.33. The Bertz CT molecular complexity index is 367. The maximum absolute atomic E-state index is 9.87. The van der Waals surface area contributed by atoms with Crippen LogP contribution in [0.4, 0.5) is 0 Å². The van der Waals surface area contributed by atoms with E-state index >= 15 is 0 Å². The number of hydrogen-bond donors (Lipinski definition) is 0. The maximum Gasteiger partial charge on any atom is 0.496 e. The predicted molar refractivity (Wildman–Crippen MR) is 49.5 cm³/mol. The Labute approximate surface area is 81.0 Å². The molecule has 1 aromatic rings. The van der Waals surface area contributed by atoms with Gasteiger partial charge in [0.15, 0.2) is 0 Å². The summed E-state index contributed by atoms with van der Waals surface area (Å²) in [5, 5.41) is 0. The first-order valence-electron chi connectivity index (χ1n) is 4.02. The second-order valence-electron chi connectivity index (χ2n) is 2.63. The third-order valence-corrected chi connectivity index (χ3v) is 1.64. The normalized spacial score (nSPS) is 8.57. The Morgan fingerprint density at radius 3 is 1.93 bits per heavy atom. The molecule has 0 unspecified atom stereocenters. The molecule has 0 amide bonds. The summed E-state index contributed by atoms with van der Waals surface area (Å²) < 4.78 is 0. The highest BCUT2D eigenvalue weighted by Gasteiger charge is 2.04. The summed E-state index contributed by atoms with van der Waals surface area (Å²) in [4.78, 5) is 26.6. The van der Waals surface area contributed by atoms with Crippen molar-refractivity contribution in [2.75, 3.05) is 0 Å². The Hall–Kier alpha value is -2.02. The molecule has 0 aliphatic heterocycles. The molecule has 4 nitrogen and oxygen atoms in total. The Kier molecular flexibility index (Phi) is 4.02. The minimum atomic E-state index is 0.308. The van der Waals surface area contributed by atoms with Crippen molar-refractivity contribution in [3.8, 4) is 0 Å². The van der Waals surface area contributed by atoms with Gasteiger partial charge in [-0.15, -0.1) is 0 Å². The van der Waals surface area contributed by atoms with Gasteiger partial charge in [-0.2, -0.15) is 9.59 Å². The number of aliphatic imine (C=N–C) groups is 2. The Morgan fingerprint density at radius 2 is 1.50 bits per heavy atom. The van der Waals surface area contributed by atoms with Gasteiger partial charge in [0.25, 0.3) is 13.1 Å². The topological polar surface area (TPSA) is 62.3 Å². The van der Waals surface area contributed by atoms with Crippen molar-refractivity contribution in [2.24, 2.45) is 0 Å². The standard InChI is InChI=1S/C10H8N2O2/c13-7-11-5-9-2-1-3-10(4-9)6-12-8-14/h1-4H,5-6H2/q+2. The molecule has 2 radical (unpaired) electrons. The van der Waals surface area contributed by atoms with Gasteiger partial charge in [0.1, 0.15) is 9.98 Å². The molecule has 0 spiro atoms. The first kappa shape index (κ1) is 10.1. The minimum absolute atomic E-state index is 0.308. The number of benzene rings is 1. The molecule has 1 rings (SSSR count). The van der Waals surface area contributed by atoms with E-state index in [2.05, 4.69) is 9.98 Å². The highest BCUT2D eigenvalue weighted by Crippen LogP contribution is 2.04. The van der Waals surface area contributed by atoms with Crippen molar-refractivity contribution in [3.05, 3.63) is 35.4 Å². The molecule has 0 aromatic heterocycles. The molecular weight excluding hydrogens is 180 g/mol. The number of rotatable bonds is 4. The lowest BCUT2D eigenvalue weighted by Gasteiger charge is -1.90. The number of hydrogen-bond acceptors (Lipinski definition) is 4. The zero-order valence-electron chi connectivity index (χ0n) is 7.43. The quantitative estimate of drug-likeness (QED) is 0.494. The van der Waals surface area contributed by atoms with Gasteiger partial charge in [-0.1, -0.05) is 18.2 Å². The molecule has 0 bridgehead atoms. The van der Waals surface area contributed by atoms with E-state index in [0.29, 0.717) is 13.1 Å². The van der Waals surface area contributed by atoms with Gasteiger partial charge < -0.3 is 0 Å². The third-order valence-electron chi connectivity index (χ3n) is 1.64. The van der Waals surface area contributed by atoms with E-state index in [9.17, 15) is 9.59 Å². The smallest absolute Gasteiger partial charge is 0.154 e. The summed E-state index contributed by atoms with van der Waals surface area (Å²) >= 11 is 0. The van der Waals surface area contributed by atoms with E-state index in [1.165, 1.54) is 12.2 Å². The van der Waals surface area contributed by atoms with E-state index in [-0.39, 0.29) is 0 Å². The Morgan fingerprint density at radius 1 is 1.00 bits per heavy atom. The number of isocyanates is 2. The van der Waals surface area contributed by atoms with Crippen molar-refractivity contribution < 1.29 is 9.59 Å².